The molecule has 0 bridgehead atoms. The molecule has 0 saturated heterocycles. The Balaban J connectivity index is 2.10. The smallest absolute Gasteiger partial charge is 0.244 e. The van der Waals surface area contributed by atoms with Gasteiger partial charge in [0.05, 0.1) is 27.0 Å². The molecule has 220 valence electrons. The van der Waals surface area contributed by atoms with Crippen molar-refractivity contribution in [1.82, 2.24) is 10.2 Å². The summed E-state index contributed by atoms with van der Waals surface area (Å²) in [6.45, 7) is 4.71. The second-order valence-corrected chi connectivity index (χ2v) is 13.7. The van der Waals surface area contributed by atoms with Crippen molar-refractivity contribution in [3.8, 4) is 0 Å². The number of hydrogen-bond acceptors (Lipinski definition) is 4. The first-order chi connectivity index (χ1) is 19.0. The molecule has 0 aromatic heterocycles. The largest absolute Gasteiger partial charge is 0.350 e. The van der Waals surface area contributed by atoms with E-state index in [9.17, 15) is 22.4 Å². The van der Waals surface area contributed by atoms with Crippen LogP contribution in [0.5, 0.6) is 0 Å². The molecule has 0 aliphatic heterocycles. The fraction of sp³-hybridized carbons (Fsp3) is 0.310. The first-order valence-corrected chi connectivity index (χ1v) is 15.6. The molecule has 7 nitrogen and oxygen atoms in total. The van der Waals surface area contributed by atoms with Crippen LogP contribution in [-0.4, -0.2) is 49.5 Å². The number of carbonyl (C=O) groups excluding carboxylic acids is 2. The summed E-state index contributed by atoms with van der Waals surface area (Å²) < 4.78 is 40.3. The third-order valence-electron chi connectivity index (χ3n) is 5.98. The van der Waals surface area contributed by atoms with Crippen LogP contribution in [0, 0.1) is 5.82 Å². The molecule has 0 spiro atoms. The van der Waals surface area contributed by atoms with Gasteiger partial charge in [0.15, 0.2) is 0 Å². The zero-order valence-corrected chi connectivity index (χ0v) is 26.1. The SMILES string of the molecule is CC(C)(C)NC(=O)C(Cc1ccccc1)N(Cc1ccc(Cl)c(Cl)c1)C(=O)CN(c1ccc(F)c(Cl)c1)S(C)(=O)=O. The lowest BCUT2D eigenvalue weighted by molar-refractivity contribution is -0.140. The summed E-state index contributed by atoms with van der Waals surface area (Å²) in [5.74, 6) is -1.84. The van der Waals surface area contributed by atoms with E-state index in [1.807, 2.05) is 51.1 Å². The Bertz CT molecular complexity index is 1520. The maximum absolute atomic E-state index is 14.1. The Morgan fingerprint density at radius 3 is 2.12 bits per heavy atom. The van der Waals surface area contributed by atoms with Crippen LogP contribution < -0.4 is 9.62 Å². The zero-order chi connectivity index (χ0) is 30.5. The highest BCUT2D eigenvalue weighted by molar-refractivity contribution is 7.92. The molecular formula is C29H31Cl3FN3O4S. The van der Waals surface area contributed by atoms with Crippen molar-refractivity contribution in [2.45, 2.75) is 45.3 Å². The van der Waals surface area contributed by atoms with Crippen LogP contribution in [0.3, 0.4) is 0 Å². The lowest BCUT2D eigenvalue weighted by atomic mass is 10.0. The molecule has 0 saturated carbocycles. The second-order valence-electron chi connectivity index (χ2n) is 10.6. The van der Waals surface area contributed by atoms with Crippen molar-refractivity contribution < 1.29 is 22.4 Å². The standard InChI is InChI=1S/C29H31Cl3FN3O4S/c1-29(2,3)34-28(38)26(15-19-8-6-5-7-9-19)35(17-20-10-12-22(30)23(31)14-20)27(37)18-36(41(4,39)40)21-11-13-25(33)24(32)16-21/h5-14,16,26H,15,17-18H2,1-4H3,(H,34,38). The highest BCUT2D eigenvalue weighted by Crippen LogP contribution is 2.27. The molecule has 12 heteroatoms. The summed E-state index contributed by atoms with van der Waals surface area (Å²) in [5, 5.41) is 3.21. The average molecular weight is 643 g/mol. The van der Waals surface area contributed by atoms with Gasteiger partial charge in [-0.05, 0) is 62.2 Å². The van der Waals surface area contributed by atoms with Gasteiger partial charge < -0.3 is 10.2 Å². The van der Waals surface area contributed by atoms with Crippen LogP contribution >= 0.6 is 34.8 Å². The topological polar surface area (TPSA) is 86.8 Å². The summed E-state index contributed by atoms with van der Waals surface area (Å²) in [5.41, 5.74) is 0.748. The highest BCUT2D eigenvalue weighted by atomic mass is 35.5. The summed E-state index contributed by atoms with van der Waals surface area (Å²) in [6.07, 6.45) is 1.08. The quantitative estimate of drug-likeness (QED) is 0.289. The molecule has 3 rings (SSSR count). The van der Waals surface area contributed by atoms with Crippen molar-refractivity contribution in [3.05, 3.63) is 98.7 Å². The maximum atomic E-state index is 14.1. The first kappa shape index (κ1) is 32.7. The Hall–Kier alpha value is -2.85. The Morgan fingerprint density at radius 2 is 1.56 bits per heavy atom. The van der Waals surface area contributed by atoms with Crippen molar-refractivity contribution in [1.29, 1.82) is 0 Å². The minimum absolute atomic E-state index is 0.000454. The molecule has 1 N–H and O–H groups in total. The van der Waals surface area contributed by atoms with E-state index in [0.29, 0.717) is 10.6 Å². The number of anilines is 1. The number of rotatable bonds is 10. The van der Waals surface area contributed by atoms with E-state index in [-0.39, 0.29) is 28.7 Å². The van der Waals surface area contributed by atoms with Gasteiger partial charge >= 0.3 is 0 Å². The number of sulfonamides is 1. The number of halogens is 4. The maximum Gasteiger partial charge on any atom is 0.244 e. The monoisotopic (exact) mass is 641 g/mol. The molecule has 0 radical (unpaired) electrons. The lowest BCUT2D eigenvalue weighted by Crippen LogP contribution is -2.56. The molecule has 2 amide bonds. The molecule has 41 heavy (non-hydrogen) atoms. The third-order valence-corrected chi connectivity index (χ3v) is 8.15. The van der Waals surface area contributed by atoms with Crippen molar-refractivity contribution in [2.75, 3.05) is 17.1 Å². The minimum atomic E-state index is -4.03. The fourth-order valence-electron chi connectivity index (χ4n) is 4.10. The average Bonchev–Trinajstić information content (AvgIpc) is 2.87. The number of hydrogen-bond donors (Lipinski definition) is 1. The van der Waals surface area contributed by atoms with Gasteiger partial charge in [0.2, 0.25) is 21.8 Å². The molecule has 0 aliphatic carbocycles. The van der Waals surface area contributed by atoms with E-state index < -0.39 is 45.8 Å². The van der Waals surface area contributed by atoms with Crippen LogP contribution in [0.15, 0.2) is 66.7 Å². The zero-order valence-electron chi connectivity index (χ0n) is 23.0. The molecular weight excluding hydrogens is 612 g/mol. The van der Waals surface area contributed by atoms with Crippen LogP contribution in [0.2, 0.25) is 15.1 Å². The van der Waals surface area contributed by atoms with Gasteiger partial charge in [-0.1, -0.05) is 71.2 Å². The minimum Gasteiger partial charge on any atom is -0.350 e. The number of carbonyl (C=O) groups is 2. The highest BCUT2D eigenvalue weighted by Gasteiger charge is 2.34. The Morgan fingerprint density at radius 1 is 0.902 bits per heavy atom. The number of nitrogens with zero attached hydrogens (tertiary/aromatic N) is 2. The molecule has 3 aromatic rings. The van der Waals surface area contributed by atoms with E-state index in [4.69, 9.17) is 34.8 Å². The van der Waals surface area contributed by atoms with Crippen molar-refractivity contribution in [3.63, 3.8) is 0 Å². The van der Waals surface area contributed by atoms with Crippen molar-refractivity contribution in [2.24, 2.45) is 0 Å². The molecule has 0 fully saturated rings. The van der Waals surface area contributed by atoms with Gasteiger partial charge in [0.25, 0.3) is 0 Å². The normalized spacial score (nSPS) is 12.5. The predicted octanol–water partition coefficient (Wildman–Crippen LogP) is 6.11. The lowest BCUT2D eigenvalue weighted by Gasteiger charge is -2.35. The van der Waals surface area contributed by atoms with Gasteiger partial charge in [-0.15, -0.1) is 0 Å². The van der Waals surface area contributed by atoms with Gasteiger partial charge in [0.1, 0.15) is 18.4 Å². The third kappa shape index (κ3) is 9.33. The van der Waals surface area contributed by atoms with Gasteiger partial charge in [-0.25, -0.2) is 12.8 Å². The Labute approximate surface area is 255 Å². The van der Waals surface area contributed by atoms with Gasteiger partial charge in [-0.3, -0.25) is 13.9 Å². The second kappa shape index (κ2) is 13.4. The van der Waals surface area contributed by atoms with E-state index in [1.165, 1.54) is 11.0 Å². The van der Waals surface area contributed by atoms with E-state index >= 15 is 0 Å². The van der Waals surface area contributed by atoms with Crippen molar-refractivity contribution >= 4 is 62.3 Å². The van der Waals surface area contributed by atoms with E-state index in [1.54, 1.807) is 18.2 Å². The Kier molecular flexibility index (Phi) is 10.7. The molecule has 3 aromatic carbocycles. The van der Waals surface area contributed by atoms with Gasteiger partial charge in [0, 0.05) is 18.5 Å². The predicted molar refractivity (Wildman–Crippen MR) is 162 cm³/mol. The summed E-state index contributed by atoms with van der Waals surface area (Å²) in [4.78, 5) is 29.1. The number of nitrogens with one attached hydrogen (secondary N) is 1. The van der Waals surface area contributed by atoms with Crippen LogP contribution in [0.4, 0.5) is 10.1 Å². The number of benzene rings is 3. The molecule has 0 aliphatic rings. The number of amides is 2. The summed E-state index contributed by atoms with van der Waals surface area (Å²) >= 11 is 18.3. The van der Waals surface area contributed by atoms with E-state index in [2.05, 4.69) is 5.32 Å². The summed E-state index contributed by atoms with van der Waals surface area (Å²) in [7, 11) is -4.03. The molecule has 1 atom stereocenters. The van der Waals surface area contributed by atoms with Crippen LogP contribution in [0.1, 0.15) is 31.9 Å². The summed E-state index contributed by atoms with van der Waals surface area (Å²) in [6, 6.07) is 16.3. The fourth-order valence-corrected chi connectivity index (χ4v) is 5.43. The van der Waals surface area contributed by atoms with Crippen LogP contribution in [-0.2, 0) is 32.6 Å². The van der Waals surface area contributed by atoms with Crippen LogP contribution in [0.25, 0.3) is 0 Å². The van der Waals surface area contributed by atoms with Gasteiger partial charge in [-0.2, -0.15) is 0 Å². The first-order valence-electron chi connectivity index (χ1n) is 12.6. The molecule has 0 heterocycles. The van der Waals surface area contributed by atoms with E-state index in [0.717, 1.165) is 28.3 Å². The molecule has 1 unspecified atom stereocenters.